The molecule has 0 spiro atoms. The number of carbonyl (C=O) groups excluding carboxylic acids is 2. The van der Waals surface area contributed by atoms with Gasteiger partial charge in [-0.2, -0.15) is 4.98 Å². The Labute approximate surface area is 210 Å². The first-order valence-corrected chi connectivity index (χ1v) is 12.4. The van der Waals surface area contributed by atoms with Crippen molar-refractivity contribution in [3.05, 3.63) is 53.9 Å². The van der Waals surface area contributed by atoms with Crippen LogP contribution in [0.25, 0.3) is 11.4 Å². The zero-order valence-electron chi connectivity index (χ0n) is 21.0. The Kier molecular flexibility index (Phi) is 8.20. The van der Waals surface area contributed by atoms with Gasteiger partial charge < -0.3 is 24.2 Å². The van der Waals surface area contributed by atoms with E-state index < -0.39 is 0 Å². The van der Waals surface area contributed by atoms with Gasteiger partial charge in [-0.25, -0.2) is 0 Å². The molecule has 2 amide bonds. The molecule has 0 saturated carbocycles. The van der Waals surface area contributed by atoms with Gasteiger partial charge in [0.1, 0.15) is 0 Å². The van der Waals surface area contributed by atoms with Gasteiger partial charge >= 0.3 is 0 Å². The maximum absolute atomic E-state index is 13.3. The standard InChI is InChI=1S/C27H32N4O5/c1-4-24(32)28-21-11-7-9-18(15-21)25-29-26(36-30-25)20-10-8-14-31(17-20)27(33)19-12-13-22(34-5-2)23(16-19)35-6-3/h7,9,11-13,15-16,20H,4-6,8,10,14,17H2,1-3H3,(H,28,32). The van der Waals surface area contributed by atoms with Crippen molar-refractivity contribution in [3.63, 3.8) is 0 Å². The van der Waals surface area contributed by atoms with Crippen LogP contribution in [0.3, 0.4) is 0 Å². The molecule has 1 fully saturated rings. The molecule has 3 aromatic rings. The Morgan fingerprint density at radius 2 is 1.89 bits per heavy atom. The summed E-state index contributed by atoms with van der Waals surface area (Å²) in [6, 6.07) is 12.6. The number of nitrogens with one attached hydrogen (secondary N) is 1. The Hall–Kier alpha value is -3.88. The van der Waals surface area contributed by atoms with Gasteiger partial charge in [0.05, 0.1) is 19.1 Å². The summed E-state index contributed by atoms with van der Waals surface area (Å²) in [5, 5.41) is 7.00. The summed E-state index contributed by atoms with van der Waals surface area (Å²) in [6.45, 7) is 7.76. The number of amides is 2. The molecule has 2 aromatic carbocycles. The largest absolute Gasteiger partial charge is 0.490 e. The fourth-order valence-electron chi connectivity index (χ4n) is 4.23. The minimum Gasteiger partial charge on any atom is -0.490 e. The summed E-state index contributed by atoms with van der Waals surface area (Å²) < 4.78 is 16.9. The third kappa shape index (κ3) is 5.84. The molecule has 1 atom stereocenters. The van der Waals surface area contributed by atoms with E-state index in [2.05, 4.69) is 15.5 Å². The number of nitrogens with zero attached hydrogens (tertiary/aromatic N) is 3. The van der Waals surface area contributed by atoms with Gasteiger partial charge in [-0.15, -0.1) is 0 Å². The van der Waals surface area contributed by atoms with E-state index in [1.165, 1.54) is 0 Å². The van der Waals surface area contributed by atoms with Crippen molar-refractivity contribution in [2.24, 2.45) is 0 Å². The fourth-order valence-corrected chi connectivity index (χ4v) is 4.23. The van der Waals surface area contributed by atoms with Gasteiger partial charge in [0.25, 0.3) is 5.91 Å². The topological polar surface area (TPSA) is 107 Å². The highest BCUT2D eigenvalue weighted by Crippen LogP contribution is 2.32. The number of aromatic nitrogens is 2. The molecule has 1 N–H and O–H groups in total. The van der Waals surface area contributed by atoms with E-state index in [4.69, 9.17) is 14.0 Å². The number of hydrogen-bond donors (Lipinski definition) is 1. The zero-order valence-corrected chi connectivity index (χ0v) is 21.0. The lowest BCUT2D eigenvalue weighted by Gasteiger charge is -2.31. The van der Waals surface area contributed by atoms with Crippen molar-refractivity contribution in [2.75, 3.05) is 31.6 Å². The van der Waals surface area contributed by atoms with Crippen LogP contribution in [-0.2, 0) is 4.79 Å². The lowest BCUT2D eigenvalue weighted by atomic mass is 9.97. The number of anilines is 1. The van der Waals surface area contributed by atoms with Crippen LogP contribution in [0.1, 0.15) is 62.2 Å². The summed E-state index contributed by atoms with van der Waals surface area (Å²) in [7, 11) is 0. The van der Waals surface area contributed by atoms with Crippen molar-refractivity contribution in [1.82, 2.24) is 15.0 Å². The molecule has 1 saturated heterocycles. The van der Waals surface area contributed by atoms with Gasteiger partial charge in [0.2, 0.25) is 17.6 Å². The molecule has 36 heavy (non-hydrogen) atoms. The Bertz CT molecular complexity index is 1210. The number of likely N-dealkylation sites (tertiary alicyclic amines) is 1. The first kappa shape index (κ1) is 25.2. The van der Waals surface area contributed by atoms with Gasteiger partial charge in [-0.3, -0.25) is 9.59 Å². The molecule has 2 heterocycles. The average Bonchev–Trinajstić information content (AvgIpc) is 3.40. The molecule has 9 heteroatoms. The van der Waals surface area contributed by atoms with Crippen molar-refractivity contribution in [3.8, 4) is 22.9 Å². The second-order valence-electron chi connectivity index (χ2n) is 8.56. The van der Waals surface area contributed by atoms with Gasteiger partial charge in [-0.05, 0) is 57.0 Å². The number of ether oxygens (including phenoxy) is 2. The van der Waals surface area contributed by atoms with Crippen molar-refractivity contribution in [2.45, 2.75) is 46.0 Å². The van der Waals surface area contributed by atoms with Crippen LogP contribution in [0.2, 0.25) is 0 Å². The highest BCUT2D eigenvalue weighted by atomic mass is 16.5. The van der Waals surface area contributed by atoms with E-state index >= 15 is 0 Å². The quantitative estimate of drug-likeness (QED) is 0.453. The van der Waals surface area contributed by atoms with Crippen LogP contribution < -0.4 is 14.8 Å². The molecule has 1 aliphatic heterocycles. The summed E-state index contributed by atoms with van der Waals surface area (Å²) in [5.41, 5.74) is 1.99. The first-order chi connectivity index (χ1) is 17.5. The van der Waals surface area contributed by atoms with Gasteiger partial charge in [-0.1, -0.05) is 24.2 Å². The van der Waals surface area contributed by atoms with E-state index in [0.29, 0.717) is 67.2 Å². The van der Waals surface area contributed by atoms with Crippen LogP contribution in [-0.4, -0.2) is 53.2 Å². The monoisotopic (exact) mass is 492 g/mol. The van der Waals surface area contributed by atoms with E-state index in [0.717, 1.165) is 18.4 Å². The van der Waals surface area contributed by atoms with Crippen molar-refractivity contribution >= 4 is 17.5 Å². The Morgan fingerprint density at radius 3 is 2.67 bits per heavy atom. The minimum absolute atomic E-state index is 0.0546. The lowest BCUT2D eigenvalue weighted by Crippen LogP contribution is -2.39. The molecule has 9 nitrogen and oxygen atoms in total. The number of rotatable bonds is 9. The van der Waals surface area contributed by atoms with E-state index in [9.17, 15) is 9.59 Å². The maximum atomic E-state index is 13.3. The van der Waals surface area contributed by atoms with Gasteiger partial charge in [0.15, 0.2) is 11.5 Å². The summed E-state index contributed by atoms with van der Waals surface area (Å²) in [6.07, 6.45) is 2.09. The number of carbonyl (C=O) groups is 2. The third-order valence-corrected chi connectivity index (χ3v) is 6.02. The second-order valence-corrected chi connectivity index (χ2v) is 8.56. The predicted octanol–water partition coefficient (Wildman–Crippen LogP) is 4.90. The number of hydrogen-bond acceptors (Lipinski definition) is 7. The van der Waals surface area contributed by atoms with E-state index in [-0.39, 0.29) is 17.7 Å². The van der Waals surface area contributed by atoms with Gasteiger partial charge in [0, 0.05) is 36.3 Å². The van der Waals surface area contributed by atoms with Crippen molar-refractivity contribution in [1.29, 1.82) is 0 Å². The Morgan fingerprint density at radius 1 is 1.08 bits per heavy atom. The summed E-state index contributed by atoms with van der Waals surface area (Å²) in [5.74, 6) is 1.97. The summed E-state index contributed by atoms with van der Waals surface area (Å²) >= 11 is 0. The minimum atomic E-state index is -0.0668. The molecular weight excluding hydrogens is 460 g/mol. The summed E-state index contributed by atoms with van der Waals surface area (Å²) in [4.78, 5) is 31.5. The maximum Gasteiger partial charge on any atom is 0.254 e. The molecule has 4 rings (SSSR count). The third-order valence-electron chi connectivity index (χ3n) is 6.02. The van der Waals surface area contributed by atoms with Crippen molar-refractivity contribution < 1.29 is 23.6 Å². The molecule has 190 valence electrons. The SMILES string of the molecule is CCOc1ccc(C(=O)N2CCCC(c3nc(-c4cccc(NC(=O)CC)c4)no3)C2)cc1OCC. The lowest BCUT2D eigenvalue weighted by molar-refractivity contribution is -0.115. The predicted molar refractivity (Wildman–Crippen MR) is 135 cm³/mol. The van der Waals surface area contributed by atoms with Crippen LogP contribution in [0.15, 0.2) is 47.0 Å². The first-order valence-electron chi connectivity index (χ1n) is 12.4. The molecule has 0 bridgehead atoms. The fraction of sp³-hybridized carbons (Fsp3) is 0.407. The smallest absolute Gasteiger partial charge is 0.254 e. The molecular formula is C27H32N4O5. The van der Waals surface area contributed by atoms with Crippen LogP contribution >= 0.6 is 0 Å². The number of piperidine rings is 1. The number of benzene rings is 2. The highest BCUT2D eigenvalue weighted by Gasteiger charge is 2.29. The van der Waals surface area contributed by atoms with Crippen LogP contribution in [0.4, 0.5) is 5.69 Å². The molecule has 0 radical (unpaired) electrons. The molecule has 1 aromatic heterocycles. The van der Waals surface area contributed by atoms with E-state index in [1.807, 2.05) is 43.0 Å². The Balaban J connectivity index is 1.47. The van der Waals surface area contributed by atoms with Crippen LogP contribution in [0.5, 0.6) is 11.5 Å². The molecule has 1 unspecified atom stereocenters. The normalized spacial score (nSPS) is 15.4. The second kappa shape index (κ2) is 11.7. The molecule has 0 aliphatic carbocycles. The van der Waals surface area contributed by atoms with Crippen LogP contribution in [0, 0.1) is 0 Å². The highest BCUT2D eigenvalue weighted by molar-refractivity contribution is 5.95. The average molecular weight is 493 g/mol. The zero-order chi connectivity index (χ0) is 25.5. The van der Waals surface area contributed by atoms with E-state index in [1.54, 1.807) is 25.1 Å². The molecule has 1 aliphatic rings.